The predicted molar refractivity (Wildman–Crippen MR) is 59.8 cm³/mol. The van der Waals surface area contributed by atoms with Crippen LogP contribution in [0.3, 0.4) is 0 Å². The van der Waals surface area contributed by atoms with E-state index in [4.69, 9.17) is 0 Å². The average molecular weight is 218 g/mol. The monoisotopic (exact) mass is 218 g/mol. The number of nitrogens with zero attached hydrogens (tertiary/aromatic N) is 5. The molecule has 0 radical (unpaired) electrons. The lowest BCUT2D eigenvalue weighted by Gasteiger charge is -2.07. The molecule has 0 amide bonds. The first kappa shape index (κ1) is 10.5. The predicted octanol–water partition coefficient (Wildman–Crippen LogP) is 0.834. The highest BCUT2D eigenvalue weighted by Gasteiger charge is 2.04. The third kappa shape index (κ3) is 2.16. The molecular formula is C10H14N6. The molecule has 0 bridgehead atoms. The van der Waals surface area contributed by atoms with Crippen LogP contribution in [0.25, 0.3) is 0 Å². The molecule has 2 aromatic rings. The van der Waals surface area contributed by atoms with E-state index < -0.39 is 0 Å². The number of aromatic nitrogens is 5. The molecule has 2 rings (SSSR count). The molecule has 0 saturated heterocycles. The van der Waals surface area contributed by atoms with Crippen LogP contribution >= 0.6 is 0 Å². The van der Waals surface area contributed by atoms with Gasteiger partial charge in [-0.1, -0.05) is 0 Å². The minimum Gasteiger partial charge on any atom is -0.361 e. The molecule has 0 atom stereocenters. The summed E-state index contributed by atoms with van der Waals surface area (Å²) in [6.45, 7) is 4.43. The first-order valence-electron chi connectivity index (χ1n) is 5.04. The van der Waals surface area contributed by atoms with E-state index >= 15 is 0 Å². The number of nitrogens with one attached hydrogen (secondary N) is 1. The molecule has 0 aliphatic carbocycles. The smallest absolute Gasteiger partial charge is 0.151 e. The molecule has 6 nitrogen and oxygen atoms in total. The van der Waals surface area contributed by atoms with Gasteiger partial charge in [0.15, 0.2) is 5.82 Å². The number of anilines is 1. The summed E-state index contributed by atoms with van der Waals surface area (Å²) in [6.07, 6.45) is 3.43. The van der Waals surface area contributed by atoms with Gasteiger partial charge in [-0.15, -0.1) is 10.2 Å². The minimum atomic E-state index is 0.593. The van der Waals surface area contributed by atoms with Gasteiger partial charge in [-0.25, -0.2) is 4.98 Å². The van der Waals surface area contributed by atoms with E-state index in [0.29, 0.717) is 6.54 Å². The van der Waals surface area contributed by atoms with Gasteiger partial charge in [0.25, 0.3) is 0 Å². The molecule has 1 N–H and O–H groups in total. The highest BCUT2D eigenvalue weighted by atomic mass is 15.3. The molecule has 0 spiro atoms. The molecule has 0 aromatic carbocycles. The van der Waals surface area contributed by atoms with Gasteiger partial charge in [0.1, 0.15) is 12.1 Å². The van der Waals surface area contributed by atoms with E-state index in [-0.39, 0.29) is 0 Å². The van der Waals surface area contributed by atoms with E-state index in [9.17, 15) is 0 Å². The Kier molecular flexibility index (Phi) is 2.80. The summed E-state index contributed by atoms with van der Waals surface area (Å²) in [7, 11) is 1.91. The van der Waals surface area contributed by atoms with Crippen molar-refractivity contribution in [2.45, 2.75) is 20.4 Å². The van der Waals surface area contributed by atoms with E-state index in [1.807, 2.05) is 25.5 Å². The largest absolute Gasteiger partial charge is 0.361 e. The van der Waals surface area contributed by atoms with Crippen molar-refractivity contribution in [3.05, 3.63) is 29.7 Å². The van der Waals surface area contributed by atoms with Crippen molar-refractivity contribution in [3.8, 4) is 0 Å². The zero-order valence-electron chi connectivity index (χ0n) is 9.60. The summed E-state index contributed by atoms with van der Waals surface area (Å²) < 4.78 is 1.87. The molecule has 16 heavy (non-hydrogen) atoms. The number of hydrogen-bond donors (Lipinski definition) is 1. The zero-order chi connectivity index (χ0) is 11.5. The van der Waals surface area contributed by atoms with Crippen LogP contribution in [0.2, 0.25) is 0 Å². The summed E-state index contributed by atoms with van der Waals surface area (Å²) in [5, 5.41) is 11.0. The van der Waals surface area contributed by atoms with Crippen LogP contribution in [0, 0.1) is 13.8 Å². The van der Waals surface area contributed by atoms with Gasteiger partial charge in [0.05, 0.1) is 17.9 Å². The molecule has 2 heterocycles. The fourth-order valence-corrected chi connectivity index (χ4v) is 1.33. The molecule has 0 unspecified atom stereocenters. The lowest BCUT2D eigenvalue weighted by Crippen LogP contribution is -2.09. The highest BCUT2D eigenvalue weighted by molar-refractivity contribution is 5.39. The zero-order valence-corrected chi connectivity index (χ0v) is 9.60. The van der Waals surface area contributed by atoms with E-state index in [1.54, 1.807) is 12.5 Å². The first-order chi connectivity index (χ1) is 7.66. The molecule has 0 aliphatic rings. The molecule has 84 valence electrons. The van der Waals surface area contributed by atoms with E-state index in [1.165, 1.54) is 0 Å². The van der Waals surface area contributed by atoms with E-state index in [0.717, 1.165) is 23.0 Å². The van der Waals surface area contributed by atoms with Gasteiger partial charge in [0, 0.05) is 13.2 Å². The topological polar surface area (TPSA) is 68.5 Å². The lowest BCUT2D eigenvalue weighted by molar-refractivity contribution is 0.808. The van der Waals surface area contributed by atoms with Crippen LogP contribution in [0.4, 0.5) is 5.82 Å². The number of aryl methyl sites for hydroxylation is 3. The molecule has 0 fully saturated rings. The Morgan fingerprint density at radius 3 is 2.88 bits per heavy atom. The Hall–Kier alpha value is -1.98. The van der Waals surface area contributed by atoms with Crippen molar-refractivity contribution in [2.75, 3.05) is 5.32 Å². The normalized spacial score (nSPS) is 10.4. The maximum absolute atomic E-state index is 4.37. The second kappa shape index (κ2) is 4.26. The maximum atomic E-state index is 4.37. The molecule has 0 aliphatic heterocycles. The average Bonchev–Trinajstić information content (AvgIpc) is 2.66. The van der Waals surface area contributed by atoms with Crippen molar-refractivity contribution in [1.29, 1.82) is 0 Å². The van der Waals surface area contributed by atoms with Gasteiger partial charge < -0.3 is 9.88 Å². The van der Waals surface area contributed by atoms with Crippen LogP contribution in [-0.4, -0.2) is 24.7 Å². The SMILES string of the molecule is Cc1cnc(C)c(NCc2nncn2C)n1. The fraction of sp³-hybridized carbons (Fsp3) is 0.400. The van der Waals surface area contributed by atoms with Crippen LogP contribution in [0.1, 0.15) is 17.2 Å². The third-order valence-electron chi connectivity index (χ3n) is 2.29. The second-order valence-corrected chi connectivity index (χ2v) is 3.66. The second-order valence-electron chi connectivity index (χ2n) is 3.66. The summed E-state index contributed by atoms with van der Waals surface area (Å²) in [5.41, 5.74) is 1.78. The van der Waals surface area contributed by atoms with E-state index in [2.05, 4.69) is 25.5 Å². The Balaban J connectivity index is 2.10. The van der Waals surface area contributed by atoms with Crippen LogP contribution in [-0.2, 0) is 13.6 Å². The standard InChI is InChI=1S/C10H14N6/c1-7-4-11-8(2)10(14-7)12-5-9-15-13-6-16(9)3/h4,6H,5H2,1-3H3,(H,12,14). The Bertz CT molecular complexity index is 490. The third-order valence-corrected chi connectivity index (χ3v) is 2.29. The van der Waals surface area contributed by atoms with Gasteiger partial charge in [-0.05, 0) is 13.8 Å². The van der Waals surface area contributed by atoms with Gasteiger partial charge in [0.2, 0.25) is 0 Å². The molecule has 2 aromatic heterocycles. The van der Waals surface area contributed by atoms with Crippen LogP contribution < -0.4 is 5.32 Å². The van der Waals surface area contributed by atoms with Crippen molar-refractivity contribution >= 4 is 5.82 Å². The maximum Gasteiger partial charge on any atom is 0.151 e. The Morgan fingerprint density at radius 2 is 2.19 bits per heavy atom. The van der Waals surface area contributed by atoms with Crippen LogP contribution in [0.15, 0.2) is 12.5 Å². The summed E-state index contributed by atoms with van der Waals surface area (Å²) in [6, 6.07) is 0. The summed E-state index contributed by atoms with van der Waals surface area (Å²) >= 11 is 0. The summed E-state index contributed by atoms with van der Waals surface area (Å²) in [4.78, 5) is 8.60. The highest BCUT2D eigenvalue weighted by Crippen LogP contribution is 2.09. The number of hydrogen-bond acceptors (Lipinski definition) is 5. The van der Waals surface area contributed by atoms with Crippen molar-refractivity contribution in [3.63, 3.8) is 0 Å². The van der Waals surface area contributed by atoms with Crippen molar-refractivity contribution in [1.82, 2.24) is 24.7 Å². The van der Waals surface area contributed by atoms with Crippen molar-refractivity contribution < 1.29 is 0 Å². The molecule has 6 heteroatoms. The minimum absolute atomic E-state index is 0.593. The van der Waals surface area contributed by atoms with Crippen molar-refractivity contribution in [2.24, 2.45) is 7.05 Å². The quantitative estimate of drug-likeness (QED) is 0.826. The molecular weight excluding hydrogens is 204 g/mol. The number of rotatable bonds is 3. The van der Waals surface area contributed by atoms with Gasteiger partial charge in [-0.2, -0.15) is 0 Å². The fourth-order valence-electron chi connectivity index (χ4n) is 1.33. The van der Waals surface area contributed by atoms with Crippen LogP contribution in [0.5, 0.6) is 0 Å². The lowest BCUT2D eigenvalue weighted by atomic mass is 10.4. The summed E-state index contributed by atoms with van der Waals surface area (Å²) in [5.74, 6) is 1.66. The Morgan fingerprint density at radius 1 is 1.38 bits per heavy atom. The van der Waals surface area contributed by atoms with Gasteiger partial charge in [-0.3, -0.25) is 4.98 Å². The van der Waals surface area contributed by atoms with Gasteiger partial charge >= 0.3 is 0 Å². The Labute approximate surface area is 93.8 Å². The molecule has 0 saturated carbocycles. The first-order valence-corrected chi connectivity index (χ1v) is 5.04.